The number of rotatable bonds is 10. The molecule has 2 heterocycles. The van der Waals surface area contributed by atoms with Gasteiger partial charge in [-0.05, 0) is 37.1 Å². The molecule has 8 heteroatoms. The molecule has 158 valence electrons. The van der Waals surface area contributed by atoms with Crippen LogP contribution in [0.4, 0.5) is 0 Å². The number of imidazole rings is 1. The smallest absolute Gasteiger partial charge is 0.332 e. The van der Waals surface area contributed by atoms with Gasteiger partial charge in [-0.15, -0.1) is 0 Å². The van der Waals surface area contributed by atoms with Crippen molar-refractivity contribution in [3.8, 4) is 11.8 Å². The van der Waals surface area contributed by atoms with E-state index in [1.165, 1.54) is 4.57 Å². The molecule has 0 saturated carbocycles. The van der Waals surface area contributed by atoms with Gasteiger partial charge in [0.15, 0.2) is 11.2 Å². The number of ether oxygens (including phenoxy) is 1. The normalized spacial score (nSPS) is 11.0. The Morgan fingerprint density at radius 3 is 2.37 bits per heavy atom. The molecule has 0 radical (unpaired) electrons. The molecule has 0 atom stereocenters. The molecular formula is C22H27N5O3. The molecular weight excluding hydrogens is 382 g/mol. The van der Waals surface area contributed by atoms with Crippen molar-refractivity contribution in [1.29, 1.82) is 5.26 Å². The van der Waals surface area contributed by atoms with E-state index in [-0.39, 0.29) is 24.4 Å². The van der Waals surface area contributed by atoms with Gasteiger partial charge >= 0.3 is 5.69 Å². The van der Waals surface area contributed by atoms with Gasteiger partial charge in [0.05, 0.1) is 24.5 Å². The fraction of sp³-hybridized carbons (Fsp3) is 0.455. The molecule has 8 nitrogen and oxygen atoms in total. The third-order valence-corrected chi connectivity index (χ3v) is 5.04. The van der Waals surface area contributed by atoms with Gasteiger partial charge in [-0.1, -0.05) is 26.7 Å². The largest absolute Gasteiger partial charge is 0.492 e. The van der Waals surface area contributed by atoms with Crippen molar-refractivity contribution in [2.24, 2.45) is 0 Å². The van der Waals surface area contributed by atoms with Crippen LogP contribution < -0.4 is 16.0 Å². The number of nitriles is 1. The van der Waals surface area contributed by atoms with Crippen molar-refractivity contribution in [3.05, 3.63) is 57.0 Å². The molecule has 2 aromatic heterocycles. The van der Waals surface area contributed by atoms with Crippen LogP contribution in [0.5, 0.6) is 5.75 Å². The van der Waals surface area contributed by atoms with E-state index in [4.69, 9.17) is 10.00 Å². The number of fused-ring (bicyclic) bond motifs is 1. The summed E-state index contributed by atoms with van der Waals surface area (Å²) in [5, 5.41) is 8.87. The molecule has 0 aliphatic carbocycles. The van der Waals surface area contributed by atoms with Gasteiger partial charge in [-0.25, -0.2) is 9.78 Å². The third kappa shape index (κ3) is 4.46. The first-order valence-corrected chi connectivity index (χ1v) is 10.4. The minimum Gasteiger partial charge on any atom is -0.492 e. The van der Waals surface area contributed by atoms with E-state index in [9.17, 15) is 9.59 Å². The molecule has 0 aliphatic rings. The number of hydrogen-bond donors (Lipinski definition) is 0. The summed E-state index contributed by atoms with van der Waals surface area (Å²) in [6.45, 7) is 5.67. The van der Waals surface area contributed by atoms with Crippen LogP contribution >= 0.6 is 0 Å². The van der Waals surface area contributed by atoms with Crippen LogP contribution in [0.2, 0.25) is 0 Å². The lowest BCUT2D eigenvalue weighted by Crippen LogP contribution is -2.41. The SMILES string of the molecule is CCCCn1cnc2c1c(=O)n(CCOc1ccc(C#N)cc1)c(=O)n2CCCC. The number of hydrogen-bond acceptors (Lipinski definition) is 5. The summed E-state index contributed by atoms with van der Waals surface area (Å²) >= 11 is 0. The van der Waals surface area contributed by atoms with Crippen LogP contribution in [0.3, 0.4) is 0 Å². The van der Waals surface area contributed by atoms with Crippen molar-refractivity contribution in [2.75, 3.05) is 6.61 Å². The average Bonchev–Trinajstić information content (AvgIpc) is 3.19. The van der Waals surface area contributed by atoms with Crippen molar-refractivity contribution in [3.63, 3.8) is 0 Å². The predicted molar refractivity (Wildman–Crippen MR) is 115 cm³/mol. The lowest BCUT2D eigenvalue weighted by molar-refractivity contribution is 0.292. The van der Waals surface area contributed by atoms with Crippen molar-refractivity contribution < 1.29 is 4.74 Å². The van der Waals surface area contributed by atoms with E-state index >= 15 is 0 Å². The van der Waals surface area contributed by atoms with Crippen molar-refractivity contribution in [1.82, 2.24) is 18.7 Å². The van der Waals surface area contributed by atoms with Gasteiger partial charge in [-0.2, -0.15) is 5.26 Å². The average molecular weight is 409 g/mol. The first kappa shape index (κ1) is 21.4. The first-order chi connectivity index (χ1) is 14.6. The van der Waals surface area contributed by atoms with Gasteiger partial charge in [-0.3, -0.25) is 13.9 Å². The molecule has 0 spiro atoms. The van der Waals surface area contributed by atoms with E-state index < -0.39 is 0 Å². The monoisotopic (exact) mass is 409 g/mol. The van der Waals surface area contributed by atoms with Crippen LogP contribution in [-0.2, 0) is 19.6 Å². The number of unbranched alkanes of at least 4 members (excludes halogenated alkanes) is 2. The van der Waals surface area contributed by atoms with E-state index in [0.717, 1.165) is 25.7 Å². The second-order valence-corrected chi connectivity index (χ2v) is 7.19. The molecule has 0 saturated heterocycles. The summed E-state index contributed by atoms with van der Waals surface area (Å²) in [6.07, 6.45) is 5.35. The quantitative estimate of drug-likeness (QED) is 0.513. The number of benzene rings is 1. The highest BCUT2D eigenvalue weighted by molar-refractivity contribution is 5.70. The Bertz CT molecular complexity index is 1150. The zero-order chi connectivity index (χ0) is 21.5. The van der Waals surface area contributed by atoms with Crippen molar-refractivity contribution in [2.45, 2.75) is 59.2 Å². The molecule has 0 bridgehead atoms. The van der Waals surface area contributed by atoms with Crippen LogP contribution in [0.15, 0.2) is 40.2 Å². The van der Waals surface area contributed by atoms with E-state index in [1.807, 2.05) is 4.57 Å². The number of aromatic nitrogens is 4. The molecule has 0 fully saturated rings. The van der Waals surface area contributed by atoms with E-state index in [1.54, 1.807) is 35.2 Å². The Hall–Kier alpha value is -3.34. The zero-order valence-electron chi connectivity index (χ0n) is 17.5. The summed E-state index contributed by atoms with van der Waals surface area (Å²) in [4.78, 5) is 30.6. The summed E-state index contributed by atoms with van der Waals surface area (Å²) in [6, 6.07) is 8.78. The molecule has 0 N–H and O–H groups in total. The highest BCUT2D eigenvalue weighted by Crippen LogP contribution is 2.12. The molecule has 0 unspecified atom stereocenters. The molecule has 0 aliphatic heterocycles. The maximum absolute atomic E-state index is 13.1. The highest BCUT2D eigenvalue weighted by atomic mass is 16.5. The minimum atomic E-state index is -0.356. The van der Waals surface area contributed by atoms with Gasteiger partial charge in [0.1, 0.15) is 12.4 Å². The van der Waals surface area contributed by atoms with Gasteiger partial charge < -0.3 is 9.30 Å². The number of nitrogens with zero attached hydrogens (tertiary/aromatic N) is 5. The molecule has 30 heavy (non-hydrogen) atoms. The maximum atomic E-state index is 13.1. The fourth-order valence-corrected chi connectivity index (χ4v) is 3.33. The van der Waals surface area contributed by atoms with Crippen molar-refractivity contribution >= 4 is 11.2 Å². The molecule has 0 amide bonds. The Kier molecular flexibility index (Phi) is 7.07. The zero-order valence-corrected chi connectivity index (χ0v) is 17.5. The van der Waals surface area contributed by atoms with Crippen LogP contribution in [0, 0.1) is 11.3 Å². The Balaban J connectivity index is 1.92. The standard InChI is InChI=1S/C22H27N5O3/c1-3-5-11-25-16-24-20-19(25)21(28)27(22(29)26(20)12-6-4-2)13-14-30-18-9-7-17(15-23)8-10-18/h7-10,16H,3-6,11-14H2,1-2H3. The molecule has 3 rings (SSSR count). The van der Waals surface area contributed by atoms with Gasteiger partial charge in [0.2, 0.25) is 0 Å². The van der Waals surface area contributed by atoms with E-state index in [2.05, 4.69) is 24.9 Å². The summed E-state index contributed by atoms with van der Waals surface area (Å²) in [7, 11) is 0. The second kappa shape index (κ2) is 9.92. The Morgan fingerprint density at radius 2 is 1.70 bits per heavy atom. The second-order valence-electron chi connectivity index (χ2n) is 7.19. The topological polar surface area (TPSA) is 94.8 Å². The summed E-state index contributed by atoms with van der Waals surface area (Å²) in [5.74, 6) is 0.586. The Morgan fingerprint density at radius 1 is 1.00 bits per heavy atom. The first-order valence-electron chi connectivity index (χ1n) is 10.4. The van der Waals surface area contributed by atoms with Crippen LogP contribution in [-0.4, -0.2) is 25.3 Å². The molecule has 3 aromatic rings. The summed E-state index contributed by atoms with van der Waals surface area (Å²) < 4.78 is 10.4. The predicted octanol–water partition coefficient (Wildman–Crippen LogP) is 2.91. The number of aryl methyl sites for hydroxylation is 2. The summed E-state index contributed by atoms with van der Waals surface area (Å²) in [5.41, 5.74) is 0.782. The van der Waals surface area contributed by atoms with Gasteiger partial charge in [0, 0.05) is 13.1 Å². The highest BCUT2D eigenvalue weighted by Gasteiger charge is 2.17. The van der Waals surface area contributed by atoms with Gasteiger partial charge in [0.25, 0.3) is 5.56 Å². The van der Waals surface area contributed by atoms with E-state index in [0.29, 0.717) is 35.6 Å². The lowest BCUT2D eigenvalue weighted by Gasteiger charge is -2.13. The van der Waals surface area contributed by atoms with Crippen LogP contribution in [0.25, 0.3) is 11.2 Å². The third-order valence-electron chi connectivity index (χ3n) is 5.04. The minimum absolute atomic E-state index is 0.138. The lowest BCUT2D eigenvalue weighted by atomic mass is 10.2. The Labute approximate surface area is 175 Å². The fourth-order valence-electron chi connectivity index (χ4n) is 3.33. The van der Waals surface area contributed by atoms with Crippen LogP contribution in [0.1, 0.15) is 45.1 Å². The molecule has 1 aromatic carbocycles. The maximum Gasteiger partial charge on any atom is 0.332 e.